The van der Waals surface area contributed by atoms with Crippen molar-refractivity contribution in [2.24, 2.45) is 0 Å². The van der Waals surface area contributed by atoms with Gasteiger partial charge >= 0.3 is 6.64 Å². The molecular weight excluding hydrogens is 293 g/mol. The van der Waals surface area contributed by atoms with Crippen molar-refractivity contribution < 1.29 is 13.8 Å². The first-order chi connectivity index (χ1) is 9.58. The van der Waals surface area contributed by atoms with E-state index in [0.717, 1.165) is 17.0 Å². The highest BCUT2D eigenvalue weighted by Crippen LogP contribution is 2.58. The van der Waals surface area contributed by atoms with Gasteiger partial charge in [-0.3, -0.25) is 5.09 Å². The summed E-state index contributed by atoms with van der Waals surface area (Å²) >= 11 is 5.48. The Morgan fingerprint density at radius 2 is 1.75 bits per heavy atom. The van der Waals surface area contributed by atoms with E-state index in [1.54, 1.807) is 7.11 Å². The van der Waals surface area contributed by atoms with E-state index in [0.29, 0.717) is 11.5 Å². The monoisotopic (exact) mass is 307 g/mol. The fraction of sp³-hybridized carbons (Fsp3) is 0.143. The van der Waals surface area contributed by atoms with Gasteiger partial charge in [-0.05, 0) is 48.9 Å². The van der Waals surface area contributed by atoms with Crippen LogP contribution in [-0.2, 0) is 11.8 Å². The van der Waals surface area contributed by atoms with Gasteiger partial charge in [-0.2, -0.15) is 0 Å². The zero-order chi connectivity index (χ0) is 14.2. The van der Waals surface area contributed by atoms with E-state index < -0.39 is 6.64 Å². The Labute approximate surface area is 122 Å². The molecule has 1 N–H and O–H groups in total. The molecule has 0 spiro atoms. The molecule has 104 valence electrons. The van der Waals surface area contributed by atoms with E-state index in [1.807, 2.05) is 49.4 Å². The zero-order valence-electron chi connectivity index (χ0n) is 11.1. The van der Waals surface area contributed by atoms with E-state index in [1.165, 1.54) is 0 Å². The molecule has 0 amide bonds. The first kappa shape index (κ1) is 13.3. The molecule has 0 radical (unpaired) electrons. The molecule has 1 heterocycles. The first-order valence-electron chi connectivity index (χ1n) is 6.10. The number of rotatable bonds is 3. The van der Waals surface area contributed by atoms with Gasteiger partial charge in [-0.15, -0.1) is 0 Å². The summed E-state index contributed by atoms with van der Waals surface area (Å²) in [4.78, 5) is 0. The molecule has 1 atom stereocenters. The minimum absolute atomic E-state index is 0.694. The third-order valence-corrected chi connectivity index (χ3v) is 5.02. The SMILES string of the molecule is COc1ccc(NP2(=S)Oc3ccc(C)cc3O2)cc1. The van der Waals surface area contributed by atoms with Crippen LogP contribution in [0.25, 0.3) is 0 Å². The summed E-state index contributed by atoms with van der Waals surface area (Å²) in [5.41, 5.74) is 1.96. The lowest BCUT2D eigenvalue weighted by Gasteiger charge is -2.16. The molecule has 3 rings (SSSR count). The quantitative estimate of drug-likeness (QED) is 0.864. The molecule has 0 saturated carbocycles. The zero-order valence-corrected chi connectivity index (χ0v) is 12.8. The molecule has 1 aliphatic rings. The minimum Gasteiger partial charge on any atom is -0.497 e. The van der Waals surface area contributed by atoms with Crippen LogP contribution in [0.2, 0.25) is 0 Å². The third-order valence-electron chi connectivity index (χ3n) is 2.89. The number of hydrogen-bond acceptors (Lipinski definition) is 4. The van der Waals surface area contributed by atoms with Gasteiger partial charge in [0.25, 0.3) is 0 Å². The van der Waals surface area contributed by atoms with E-state index in [9.17, 15) is 0 Å². The molecule has 0 aromatic heterocycles. The maximum absolute atomic E-state index is 5.80. The van der Waals surface area contributed by atoms with Crippen molar-refractivity contribution in [3.05, 3.63) is 48.0 Å². The van der Waals surface area contributed by atoms with Crippen molar-refractivity contribution >= 4 is 24.1 Å². The average molecular weight is 307 g/mol. The van der Waals surface area contributed by atoms with Gasteiger partial charge in [-0.1, -0.05) is 6.07 Å². The molecule has 1 unspecified atom stereocenters. The summed E-state index contributed by atoms with van der Waals surface area (Å²) in [5.74, 6) is 2.19. The summed E-state index contributed by atoms with van der Waals surface area (Å²) in [5, 5.41) is 3.16. The van der Waals surface area contributed by atoms with Crippen molar-refractivity contribution in [1.82, 2.24) is 0 Å². The lowest BCUT2D eigenvalue weighted by molar-refractivity contribution is 0.415. The molecular formula is C14H14NO3PS. The van der Waals surface area contributed by atoms with Crippen LogP contribution in [0, 0.1) is 6.92 Å². The molecule has 4 nitrogen and oxygen atoms in total. The smallest absolute Gasteiger partial charge is 0.392 e. The molecule has 0 fully saturated rings. The van der Waals surface area contributed by atoms with Crippen LogP contribution in [0.15, 0.2) is 42.5 Å². The van der Waals surface area contributed by atoms with E-state index in [-0.39, 0.29) is 0 Å². The van der Waals surface area contributed by atoms with Crippen LogP contribution in [0.4, 0.5) is 5.69 Å². The second kappa shape index (κ2) is 5.00. The van der Waals surface area contributed by atoms with E-state index in [4.69, 9.17) is 25.6 Å². The van der Waals surface area contributed by atoms with Crippen LogP contribution in [0.5, 0.6) is 17.2 Å². The van der Waals surface area contributed by atoms with E-state index >= 15 is 0 Å². The molecule has 0 saturated heterocycles. The van der Waals surface area contributed by atoms with Gasteiger partial charge in [0.15, 0.2) is 11.5 Å². The molecule has 0 bridgehead atoms. The maximum Gasteiger partial charge on any atom is 0.392 e. The Balaban J connectivity index is 1.80. The third kappa shape index (κ3) is 2.60. The first-order valence-corrected chi connectivity index (χ1v) is 8.74. The highest BCUT2D eigenvalue weighted by Gasteiger charge is 2.32. The molecule has 0 aliphatic carbocycles. The Bertz CT molecular complexity index is 687. The summed E-state index contributed by atoms with van der Waals surface area (Å²) in [6, 6.07) is 13.3. The van der Waals surface area contributed by atoms with E-state index in [2.05, 4.69) is 5.09 Å². The molecule has 2 aromatic rings. The van der Waals surface area contributed by atoms with Gasteiger partial charge in [-0.25, -0.2) is 0 Å². The topological polar surface area (TPSA) is 39.7 Å². The largest absolute Gasteiger partial charge is 0.497 e. The van der Waals surface area contributed by atoms with Crippen molar-refractivity contribution in [3.63, 3.8) is 0 Å². The number of aryl methyl sites for hydroxylation is 1. The predicted molar refractivity (Wildman–Crippen MR) is 83.3 cm³/mol. The number of benzene rings is 2. The van der Waals surface area contributed by atoms with Gasteiger partial charge in [0, 0.05) is 17.5 Å². The van der Waals surface area contributed by atoms with Gasteiger partial charge in [0.1, 0.15) is 5.75 Å². The van der Waals surface area contributed by atoms with Crippen LogP contribution in [0.1, 0.15) is 5.56 Å². The molecule has 2 aromatic carbocycles. The van der Waals surface area contributed by atoms with Crippen molar-refractivity contribution in [2.75, 3.05) is 12.2 Å². The standard InChI is InChI=1S/C14H14NO3PS/c1-10-3-8-13-14(9-10)18-19(20,17-13)15-11-4-6-12(16-2)7-5-11/h3-9H,1-2H3,(H,15,20). The number of methoxy groups -OCH3 is 1. The van der Waals surface area contributed by atoms with Crippen LogP contribution in [0.3, 0.4) is 0 Å². The summed E-state index contributed by atoms with van der Waals surface area (Å²) in [7, 11) is 1.63. The van der Waals surface area contributed by atoms with Gasteiger partial charge in [0.2, 0.25) is 0 Å². The fourth-order valence-corrected chi connectivity index (χ4v) is 4.11. The Hall–Kier alpha value is -1.71. The number of hydrogen-bond donors (Lipinski definition) is 1. The van der Waals surface area contributed by atoms with Crippen molar-refractivity contribution in [3.8, 4) is 17.2 Å². The molecule has 20 heavy (non-hydrogen) atoms. The number of nitrogens with one attached hydrogen (secondary N) is 1. The normalized spacial score (nSPS) is 19.7. The van der Waals surface area contributed by atoms with Crippen molar-refractivity contribution in [2.45, 2.75) is 6.92 Å². The Morgan fingerprint density at radius 3 is 2.45 bits per heavy atom. The summed E-state index contributed by atoms with van der Waals surface area (Å²) in [6.07, 6.45) is 0. The number of ether oxygens (including phenoxy) is 1. The maximum atomic E-state index is 5.80. The fourth-order valence-electron chi connectivity index (χ4n) is 1.91. The second-order valence-corrected chi connectivity index (χ2v) is 7.50. The number of anilines is 1. The van der Waals surface area contributed by atoms with Crippen LogP contribution in [-0.4, -0.2) is 7.11 Å². The Morgan fingerprint density at radius 1 is 1.05 bits per heavy atom. The second-order valence-electron chi connectivity index (χ2n) is 4.47. The van der Waals surface area contributed by atoms with Gasteiger partial charge in [0.05, 0.1) is 7.11 Å². The lowest BCUT2D eigenvalue weighted by Crippen LogP contribution is -2.03. The molecule has 1 aliphatic heterocycles. The number of fused-ring (bicyclic) bond motifs is 1. The van der Waals surface area contributed by atoms with Gasteiger partial charge < -0.3 is 13.8 Å². The average Bonchev–Trinajstić information content (AvgIpc) is 2.74. The summed E-state index contributed by atoms with van der Waals surface area (Å²) < 4.78 is 16.7. The predicted octanol–water partition coefficient (Wildman–Crippen LogP) is 4.11. The highest BCUT2D eigenvalue weighted by molar-refractivity contribution is 8.11. The van der Waals surface area contributed by atoms with Crippen LogP contribution < -0.4 is 18.9 Å². The highest BCUT2D eigenvalue weighted by atomic mass is 32.5. The lowest BCUT2D eigenvalue weighted by atomic mass is 10.2. The van der Waals surface area contributed by atoms with Crippen molar-refractivity contribution in [1.29, 1.82) is 0 Å². The Kier molecular flexibility index (Phi) is 3.32. The summed E-state index contributed by atoms with van der Waals surface area (Å²) in [6.45, 7) is -0.572. The van der Waals surface area contributed by atoms with Crippen LogP contribution >= 0.6 is 6.64 Å². The minimum atomic E-state index is -2.57. The molecule has 6 heteroatoms.